The third kappa shape index (κ3) is 5.99. The van der Waals surface area contributed by atoms with Crippen molar-refractivity contribution >= 4 is 45.3 Å². The molecule has 3 aliphatic rings. The summed E-state index contributed by atoms with van der Waals surface area (Å²) in [6.07, 6.45) is 9.69. The van der Waals surface area contributed by atoms with Gasteiger partial charge in [0.15, 0.2) is 5.82 Å². The summed E-state index contributed by atoms with van der Waals surface area (Å²) in [5, 5.41) is 13.9. The van der Waals surface area contributed by atoms with Crippen molar-refractivity contribution in [3.63, 3.8) is 0 Å². The van der Waals surface area contributed by atoms with E-state index in [-0.39, 0.29) is 17.9 Å². The van der Waals surface area contributed by atoms with Crippen LogP contribution < -0.4 is 9.64 Å². The molecular weight excluding hydrogens is 641 g/mol. The summed E-state index contributed by atoms with van der Waals surface area (Å²) in [4.78, 5) is 47.7. The number of likely N-dealkylation sites (tertiary alicyclic amines) is 1. The molecule has 3 aliphatic heterocycles. The minimum Gasteiger partial charge on any atom is -0.475 e. The molecule has 1 spiro atoms. The monoisotopic (exact) mass is 678 g/mol. The van der Waals surface area contributed by atoms with E-state index in [0.717, 1.165) is 69.1 Å². The van der Waals surface area contributed by atoms with Gasteiger partial charge in [0.05, 0.1) is 28.5 Å². The Hall–Kier alpha value is -4.95. The number of pyridine rings is 1. The van der Waals surface area contributed by atoms with Crippen LogP contribution in [-0.2, 0) is 16.6 Å². The number of nitrogens with one attached hydrogen (secondary N) is 1. The van der Waals surface area contributed by atoms with Gasteiger partial charge in [0.1, 0.15) is 17.0 Å². The topological polar surface area (TPSA) is 138 Å². The van der Waals surface area contributed by atoms with Crippen LogP contribution in [0.2, 0.25) is 0 Å². The van der Waals surface area contributed by atoms with Crippen molar-refractivity contribution < 1.29 is 14.3 Å². The SMILES string of the molecule is CC(C)Oc1ccc(-c2n[nH]c3ccc(N4CCC5(CCN(CC(=O)N6CC=C(c7ncc(-c8ncn(C)n8)s7)CC6)C5)C4=O)cc23)cn1. The van der Waals surface area contributed by atoms with Gasteiger partial charge >= 0.3 is 0 Å². The molecule has 7 heterocycles. The molecule has 1 N–H and O–H groups in total. The Morgan fingerprint density at radius 2 is 1.96 bits per heavy atom. The number of amides is 2. The zero-order valence-corrected chi connectivity index (χ0v) is 28.6. The molecule has 2 saturated heterocycles. The maximum absolute atomic E-state index is 14.0. The first-order valence-corrected chi connectivity index (χ1v) is 17.5. The van der Waals surface area contributed by atoms with E-state index >= 15 is 0 Å². The number of carbonyl (C=O) groups is 2. The highest BCUT2D eigenvalue weighted by Crippen LogP contribution is 2.43. The molecule has 49 heavy (non-hydrogen) atoms. The Bertz CT molecular complexity index is 2060. The zero-order chi connectivity index (χ0) is 33.7. The maximum atomic E-state index is 14.0. The smallest absolute Gasteiger partial charge is 0.237 e. The molecule has 5 aromatic rings. The van der Waals surface area contributed by atoms with E-state index in [4.69, 9.17) is 4.74 Å². The molecule has 13 nitrogen and oxygen atoms in total. The van der Waals surface area contributed by atoms with E-state index in [1.807, 2.05) is 67.2 Å². The summed E-state index contributed by atoms with van der Waals surface area (Å²) in [6.45, 7) is 7.45. The molecule has 252 valence electrons. The zero-order valence-electron chi connectivity index (χ0n) is 27.8. The molecular formula is C35H38N10O3S. The number of anilines is 1. The van der Waals surface area contributed by atoms with Gasteiger partial charge < -0.3 is 14.5 Å². The van der Waals surface area contributed by atoms with Gasteiger partial charge in [0.25, 0.3) is 0 Å². The highest BCUT2D eigenvalue weighted by atomic mass is 32.1. The Balaban J connectivity index is 0.896. The Labute approximate surface area is 287 Å². The number of aromatic amines is 1. The number of H-pyrrole nitrogens is 1. The minimum absolute atomic E-state index is 0.0444. The second kappa shape index (κ2) is 12.5. The fraction of sp³-hybridized carbons (Fsp3) is 0.400. The predicted octanol–water partition coefficient (Wildman–Crippen LogP) is 4.41. The van der Waals surface area contributed by atoms with Gasteiger partial charge in [-0.05, 0) is 69.5 Å². The first-order valence-electron chi connectivity index (χ1n) is 16.7. The van der Waals surface area contributed by atoms with Crippen LogP contribution in [0.5, 0.6) is 5.88 Å². The number of thiazole rings is 1. The standard InChI is InChI=1S/C35H38N10O3S/c1-22(2)48-29-7-4-24(17-36-29)31-26-16-25(5-6-27(26)39-40-31)45-15-11-35(34(45)47)10-14-43(20-35)19-30(46)44-12-8-23(9-13-44)33-37-18-28(49-33)32-38-21-42(3)41-32/h4-8,16-18,21-22H,9-15,19-20H2,1-3H3,(H,39,40). The van der Waals surface area contributed by atoms with Crippen LogP contribution in [-0.4, -0.2) is 102 Å². The third-order valence-corrected chi connectivity index (χ3v) is 10.8. The van der Waals surface area contributed by atoms with Gasteiger partial charge in [-0.2, -0.15) is 10.2 Å². The molecule has 8 rings (SSSR count). The summed E-state index contributed by atoms with van der Waals surface area (Å²) in [7, 11) is 1.85. The first kappa shape index (κ1) is 31.3. The molecule has 14 heteroatoms. The number of hydrogen-bond donors (Lipinski definition) is 1. The van der Waals surface area contributed by atoms with Gasteiger partial charge in [0, 0.05) is 68.3 Å². The lowest BCUT2D eigenvalue weighted by Crippen LogP contribution is -2.43. The first-order chi connectivity index (χ1) is 23.7. The molecule has 0 aliphatic carbocycles. The maximum Gasteiger partial charge on any atom is 0.237 e. The van der Waals surface area contributed by atoms with Crippen LogP contribution in [0, 0.1) is 5.41 Å². The van der Waals surface area contributed by atoms with E-state index in [0.29, 0.717) is 44.4 Å². The van der Waals surface area contributed by atoms with Crippen LogP contribution in [0.15, 0.2) is 55.1 Å². The van der Waals surface area contributed by atoms with Crippen LogP contribution in [0.1, 0.15) is 38.1 Å². The number of fused-ring (bicyclic) bond motifs is 1. The van der Waals surface area contributed by atoms with E-state index in [9.17, 15) is 9.59 Å². The van der Waals surface area contributed by atoms with Crippen molar-refractivity contribution in [2.45, 2.75) is 39.2 Å². The summed E-state index contributed by atoms with van der Waals surface area (Å²) in [6, 6.07) is 9.81. The fourth-order valence-corrected chi connectivity index (χ4v) is 8.04. The minimum atomic E-state index is -0.468. The molecule has 1 unspecified atom stereocenters. The molecule has 2 fully saturated rings. The van der Waals surface area contributed by atoms with Crippen LogP contribution in [0.25, 0.3) is 38.4 Å². The Morgan fingerprint density at radius 1 is 1.08 bits per heavy atom. The Morgan fingerprint density at radius 3 is 2.71 bits per heavy atom. The molecule has 0 saturated carbocycles. The number of aryl methyl sites for hydroxylation is 1. The van der Waals surface area contributed by atoms with Crippen molar-refractivity contribution in [3.8, 4) is 27.8 Å². The highest BCUT2D eigenvalue weighted by Gasteiger charge is 2.51. The molecule has 4 aromatic heterocycles. The summed E-state index contributed by atoms with van der Waals surface area (Å²) in [5.41, 5.74) is 4.09. The van der Waals surface area contributed by atoms with E-state index in [1.54, 1.807) is 28.5 Å². The third-order valence-electron chi connectivity index (χ3n) is 9.69. The highest BCUT2D eigenvalue weighted by molar-refractivity contribution is 7.16. The normalized spacial score (nSPS) is 19.9. The number of hydrogen-bond acceptors (Lipinski definition) is 10. The Kier molecular flexibility index (Phi) is 7.99. The number of aromatic nitrogens is 7. The van der Waals surface area contributed by atoms with Crippen LogP contribution in [0.3, 0.4) is 0 Å². The number of carbonyl (C=O) groups excluding carboxylic acids is 2. The fourth-order valence-electron chi connectivity index (χ4n) is 7.12. The van der Waals surface area contributed by atoms with Gasteiger partial charge in [-0.25, -0.2) is 15.0 Å². The van der Waals surface area contributed by atoms with Crippen LogP contribution >= 0.6 is 11.3 Å². The average molecular weight is 679 g/mol. The van der Waals surface area contributed by atoms with Crippen molar-refractivity contribution in [1.82, 2.24) is 44.7 Å². The summed E-state index contributed by atoms with van der Waals surface area (Å²) in [5.74, 6) is 1.48. The molecule has 1 aromatic carbocycles. The van der Waals surface area contributed by atoms with Crippen molar-refractivity contribution in [2.75, 3.05) is 44.2 Å². The molecule has 0 radical (unpaired) electrons. The lowest BCUT2D eigenvalue weighted by Gasteiger charge is -2.28. The number of benzene rings is 1. The lowest BCUT2D eigenvalue weighted by atomic mass is 9.85. The molecule has 0 bridgehead atoms. The lowest BCUT2D eigenvalue weighted by molar-refractivity contribution is -0.132. The molecule has 2 amide bonds. The van der Waals surface area contributed by atoms with Crippen molar-refractivity contribution in [2.24, 2.45) is 12.5 Å². The van der Waals surface area contributed by atoms with Gasteiger partial charge in [0.2, 0.25) is 17.7 Å². The average Bonchev–Trinajstić information content (AvgIpc) is 3.94. The summed E-state index contributed by atoms with van der Waals surface area (Å²) >= 11 is 1.58. The second-order valence-electron chi connectivity index (χ2n) is 13.4. The van der Waals surface area contributed by atoms with E-state index < -0.39 is 5.41 Å². The number of rotatable bonds is 8. The molecule has 1 atom stereocenters. The van der Waals surface area contributed by atoms with Gasteiger partial charge in [-0.3, -0.25) is 24.3 Å². The van der Waals surface area contributed by atoms with E-state index in [1.165, 1.54) is 0 Å². The largest absolute Gasteiger partial charge is 0.475 e. The van der Waals surface area contributed by atoms with Crippen molar-refractivity contribution in [3.05, 3.63) is 60.1 Å². The quantitative estimate of drug-likeness (QED) is 0.253. The van der Waals surface area contributed by atoms with Gasteiger partial charge in [-0.1, -0.05) is 6.08 Å². The van der Waals surface area contributed by atoms with Gasteiger partial charge in [-0.15, -0.1) is 11.3 Å². The number of ether oxygens (including phenoxy) is 1. The van der Waals surface area contributed by atoms with Crippen molar-refractivity contribution in [1.29, 1.82) is 0 Å². The van der Waals surface area contributed by atoms with Crippen LogP contribution in [0.4, 0.5) is 5.69 Å². The predicted molar refractivity (Wildman–Crippen MR) is 187 cm³/mol. The van der Waals surface area contributed by atoms with E-state index in [2.05, 4.69) is 41.2 Å². The summed E-state index contributed by atoms with van der Waals surface area (Å²) < 4.78 is 7.37. The second-order valence-corrected chi connectivity index (χ2v) is 14.4. The number of nitrogens with zero attached hydrogens (tertiary/aromatic N) is 9.